The number of aromatic nitrogens is 3. The standard InChI is InChI=1S/C20H25N5O2/c1-14-8-17(9-15(2)24-14)18(26)25-12-20(13-25)5-4-16(11-27-20)10-23-19-21-6-3-7-22-19/h3,6-9,16H,4-5,10-13H2,1-2H3,(H,21,22,23). The number of pyridine rings is 1. The molecule has 0 bridgehead atoms. The van der Waals surface area contributed by atoms with Gasteiger partial charge in [-0.1, -0.05) is 0 Å². The lowest BCUT2D eigenvalue weighted by molar-refractivity contribution is -0.165. The van der Waals surface area contributed by atoms with Crippen molar-refractivity contribution in [2.24, 2.45) is 5.92 Å². The van der Waals surface area contributed by atoms with Crippen LogP contribution in [0.25, 0.3) is 0 Å². The molecule has 0 aliphatic carbocycles. The lowest BCUT2D eigenvalue weighted by Gasteiger charge is -2.52. The first-order valence-electron chi connectivity index (χ1n) is 9.42. The molecule has 2 fully saturated rings. The van der Waals surface area contributed by atoms with Crippen LogP contribution in [0.15, 0.2) is 30.6 Å². The Hall–Kier alpha value is -2.54. The van der Waals surface area contributed by atoms with Crippen LogP contribution in [0.4, 0.5) is 5.95 Å². The Bertz CT molecular complexity index is 790. The molecule has 0 aromatic carbocycles. The maximum absolute atomic E-state index is 12.7. The highest BCUT2D eigenvalue weighted by Crippen LogP contribution is 2.36. The Kier molecular flexibility index (Phi) is 4.78. The van der Waals surface area contributed by atoms with Crippen molar-refractivity contribution in [2.45, 2.75) is 32.3 Å². The average Bonchev–Trinajstić information content (AvgIpc) is 2.64. The predicted molar refractivity (Wildman–Crippen MR) is 102 cm³/mol. The van der Waals surface area contributed by atoms with Crippen molar-refractivity contribution in [3.05, 3.63) is 47.5 Å². The number of amides is 1. The zero-order valence-electron chi connectivity index (χ0n) is 15.8. The molecule has 2 aliphatic rings. The number of nitrogens with one attached hydrogen (secondary N) is 1. The summed E-state index contributed by atoms with van der Waals surface area (Å²) >= 11 is 0. The molecule has 2 aromatic heterocycles. The van der Waals surface area contributed by atoms with Gasteiger partial charge in [-0.05, 0) is 50.8 Å². The molecule has 1 unspecified atom stereocenters. The van der Waals surface area contributed by atoms with Gasteiger partial charge in [0.15, 0.2) is 0 Å². The van der Waals surface area contributed by atoms with Crippen molar-refractivity contribution in [1.82, 2.24) is 19.9 Å². The van der Waals surface area contributed by atoms with Crippen molar-refractivity contribution in [3.8, 4) is 0 Å². The van der Waals surface area contributed by atoms with Crippen molar-refractivity contribution in [1.29, 1.82) is 0 Å². The average molecular weight is 367 g/mol. The van der Waals surface area contributed by atoms with Gasteiger partial charge in [0.2, 0.25) is 5.95 Å². The van der Waals surface area contributed by atoms with E-state index >= 15 is 0 Å². The van der Waals surface area contributed by atoms with Crippen LogP contribution < -0.4 is 5.32 Å². The highest BCUT2D eigenvalue weighted by atomic mass is 16.5. The third-order valence-corrected chi connectivity index (χ3v) is 5.32. The van der Waals surface area contributed by atoms with Crippen LogP contribution in [0.3, 0.4) is 0 Å². The molecule has 2 saturated heterocycles. The number of hydrogen-bond acceptors (Lipinski definition) is 6. The molecule has 0 saturated carbocycles. The molecule has 1 spiro atoms. The molecule has 4 rings (SSSR count). The summed E-state index contributed by atoms with van der Waals surface area (Å²) in [6.45, 7) is 6.69. The Morgan fingerprint density at radius 3 is 2.59 bits per heavy atom. The molecule has 7 nitrogen and oxygen atoms in total. The lowest BCUT2D eigenvalue weighted by Crippen LogP contribution is -2.66. The minimum absolute atomic E-state index is 0.0721. The van der Waals surface area contributed by atoms with E-state index in [9.17, 15) is 4.79 Å². The van der Waals surface area contributed by atoms with Crippen LogP contribution in [0, 0.1) is 19.8 Å². The Labute approximate surface area is 159 Å². The monoisotopic (exact) mass is 367 g/mol. The summed E-state index contributed by atoms with van der Waals surface area (Å²) in [6, 6.07) is 5.52. The van der Waals surface area contributed by atoms with Gasteiger partial charge in [-0.15, -0.1) is 0 Å². The van der Waals surface area contributed by atoms with Gasteiger partial charge in [-0.3, -0.25) is 9.78 Å². The number of rotatable bonds is 4. The van der Waals surface area contributed by atoms with Gasteiger partial charge >= 0.3 is 0 Å². The summed E-state index contributed by atoms with van der Waals surface area (Å²) in [5.74, 6) is 1.17. The number of carbonyl (C=O) groups is 1. The van der Waals surface area contributed by atoms with Crippen molar-refractivity contribution >= 4 is 11.9 Å². The molecule has 1 amide bonds. The van der Waals surface area contributed by atoms with Crippen LogP contribution >= 0.6 is 0 Å². The molecular weight excluding hydrogens is 342 g/mol. The van der Waals surface area contributed by atoms with Crippen LogP contribution in [0.5, 0.6) is 0 Å². The third-order valence-electron chi connectivity index (χ3n) is 5.32. The van der Waals surface area contributed by atoms with Gasteiger partial charge in [-0.25, -0.2) is 9.97 Å². The molecule has 2 aliphatic heterocycles. The number of nitrogens with zero attached hydrogens (tertiary/aromatic N) is 4. The van der Waals surface area contributed by atoms with Crippen LogP contribution in [-0.2, 0) is 4.74 Å². The van der Waals surface area contributed by atoms with Gasteiger partial charge in [0, 0.05) is 35.9 Å². The van der Waals surface area contributed by atoms with Gasteiger partial charge in [0.25, 0.3) is 5.91 Å². The molecule has 1 atom stereocenters. The van der Waals surface area contributed by atoms with Crippen LogP contribution in [-0.4, -0.2) is 57.6 Å². The smallest absolute Gasteiger partial charge is 0.254 e. The summed E-state index contributed by atoms with van der Waals surface area (Å²) in [7, 11) is 0. The van der Waals surface area contributed by atoms with E-state index in [0.717, 1.165) is 36.3 Å². The van der Waals surface area contributed by atoms with E-state index in [4.69, 9.17) is 4.74 Å². The first-order chi connectivity index (χ1) is 13.0. The third kappa shape index (κ3) is 3.93. The highest BCUT2D eigenvalue weighted by Gasteiger charge is 2.48. The second-order valence-electron chi connectivity index (χ2n) is 7.65. The number of likely N-dealkylation sites (tertiary alicyclic amines) is 1. The van der Waals surface area contributed by atoms with E-state index in [2.05, 4.69) is 20.3 Å². The van der Waals surface area contributed by atoms with Crippen molar-refractivity contribution in [2.75, 3.05) is 31.6 Å². The van der Waals surface area contributed by atoms with Gasteiger partial charge in [0.05, 0.1) is 19.7 Å². The minimum Gasteiger partial charge on any atom is -0.371 e. The molecule has 142 valence electrons. The van der Waals surface area contributed by atoms with Crippen LogP contribution in [0.2, 0.25) is 0 Å². The first kappa shape index (κ1) is 17.9. The second-order valence-corrected chi connectivity index (χ2v) is 7.65. The Morgan fingerprint density at radius 2 is 1.96 bits per heavy atom. The summed E-state index contributed by atoms with van der Waals surface area (Å²) in [6.07, 6.45) is 5.52. The van der Waals surface area contributed by atoms with E-state index in [1.165, 1.54) is 0 Å². The van der Waals surface area contributed by atoms with Crippen molar-refractivity contribution < 1.29 is 9.53 Å². The summed E-state index contributed by atoms with van der Waals surface area (Å²) < 4.78 is 6.18. The van der Waals surface area contributed by atoms with E-state index in [1.54, 1.807) is 18.5 Å². The topological polar surface area (TPSA) is 80.2 Å². The first-order valence-corrected chi connectivity index (χ1v) is 9.42. The predicted octanol–water partition coefficient (Wildman–Crippen LogP) is 2.22. The Morgan fingerprint density at radius 1 is 1.26 bits per heavy atom. The largest absolute Gasteiger partial charge is 0.371 e. The molecule has 2 aromatic rings. The summed E-state index contributed by atoms with van der Waals surface area (Å²) in [5, 5.41) is 3.26. The van der Waals surface area contributed by atoms with Gasteiger partial charge in [-0.2, -0.15) is 0 Å². The van der Waals surface area contributed by atoms with E-state index < -0.39 is 0 Å². The molecule has 1 N–H and O–H groups in total. The number of hydrogen-bond donors (Lipinski definition) is 1. The van der Waals surface area contributed by atoms with E-state index in [0.29, 0.717) is 31.6 Å². The van der Waals surface area contributed by atoms with Gasteiger partial charge < -0.3 is 15.0 Å². The second kappa shape index (κ2) is 7.23. The molecule has 7 heteroatoms. The minimum atomic E-state index is -0.160. The summed E-state index contributed by atoms with van der Waals surface area (Å²) in [4.78, 5) is 27.3. The Balaban J connectivity index is 1.26. The number of anilines is 1. The zero-order valence-corrected chi connectivity index (χ0v) is 15.8. The fourth-order valence-electron chi connectivity index (χ4n) is 3.89. The lowest BCUT2D eigenvalue weighted by atomic mass is 9.82. The highest BCUT2D eigenvalue weighted by molar-refractivity contribution is 5.95. The quantitative estimate of drug-likeness (QED) is 0.893. The SMILES string of the molecule is Cc1cc(C(=O)N2CC3(CCC(CNc4ncccn4)CO3)C2)cc(C)n1. The van der Waals surface area contributed by atoms with E-state index in [1.807, 2.05) is 30.9 Å². The number of aryl methyl sites for hydroxylation is 2. The van der Waals surface area contributed by atoms with Gasteiger partial charge in [0.1, 0.15) is 5.60 Å². The maximum atomic E-state index is 12.7. The molecular formula is C20H25N5O2. The fraction of sp³-hybridized carbons (Fsp3) is 0.500. The number of ether oxygens (including phenoxy) is 1. The summed E-state index contributed by atoms with van der Waals surface area (Å²) in [5.41, 5.74) is 2.31. The molecule has 4 heterocycles. The molecule has 27 heavy (non-hydrogen) atoms. The van der Waals surface area contributed by atoms with Crippen molar-refractivity contribution in [3.63, 3.8) is 0 Å². The molecule has 0 radical (unpaired) electrons. The maximum Gasteiger partial charge on any atom is 0.254 e. The normalized spacial score (nSPS) is 21.0. The van der Waals surface area contributed by atoms with E-state index in [-0.39, 0.29) is 11.5 Å². The fourth-order valence-corrected chi connectivity index (χ4v) is 3.89. The zero-order chi connectivity index (χ0) is 18.9. The number of carbonyl (C=O) groups excluding carboxylic acids is 1. The van der Waals surface area contributed by atoms with Crippen LogP contribution in [0.1, 0.15) is 34.6 Å².